The van der Waals surface area contributed by atoms with Gasteiger partial charge in [0.25, 0.3) is 5.91 Å². The van der Waals surface area contributed by atoms with Crippen LogP contribution in [0.2, 0.25) is 10.0 Å². The lowest BCUT2D eigenvalue weighted by atomic mass is 10.1. The van der Waals surface area contributed by atoms with Gasteiger partial charge < -0.3 is 14.8 Å². The molecule has 0 saturated carbocycles. The fourth-order valence-electron chi connectivity index (χ4n) is 2.97. The number of halogens is 4. The quantitative estimate of drug-likeness (QED) is 0.379. The van der Waals surface area contributed by atoms with Gasteiger partial charge in [0.15, 0.2) is 0 Å². The molecule has 0 radical (unpaired) electrons. The van der Waals surface area contributed by atoms with Crippen LogP contribution in [0, 0.1) is 11.6 Å². The molecule has 0 bridgehead atoms. The third-order valence-electron chi connectivity index (χ3n) is 4.47. The first-order chi connectivity index (χ1) is 15.8. The molecule has 3 rings (SSSR count). The number of anilines is 1. The van der Waals surface area contributed by atoms with Crippen molar-refractivity contribution in [1.29, 1.82) is 0 Å². The summed E-state index contributed by atoms with van der Waals surface area (Å²) in [6.45, 7) is 1.97. The van der Waals surface area contributed by atoms with Crippen LogP contribution in [0.1, 0.15) is 28.4 Å². The molecule has 0 unspecified atom stereocenters. The molecule has 9 heteroatoms. The molecule has 3 aromatic carbocycles. The first-order valence-electron chi connectivity index (χ1n) is 9.88. The van der Waals surface area contributed by atoms with Gasteiger partial charge >= 0.3 is 5.97 Å². The second kappa shape index (κ2) is 11.1. The van der Waals surface area contributed by atoms with Crippen molar-refractivity contribution < 1.29 is 27.8 Å². The molecule has 1 N–H and O–H groups in total. The zero-order valence-electron chi connectivity index (χ0n) is 17.5. The Kier molecular flexibility index (Phi) is 8.25. The summed E-state index contributed by atoms with van der Waals surface area (Å²) in [5.74, 6) is -3.19. The highest BCUT2D eigenvalue weighted by molar-refractivity contribution is 6.34. The van der Waals surface area contributed by atoms with Crippen molar-refractivity contribution in [2.75, 3.05) is 11.9 Å². The molecule has 0 spiro atoms. The maximum Gasteiger partial charge on any atom is 0.310 e. The van der Waals surface area contributed by atoms with Crippen LogP contribution in [0.4, 0.5) is 14.5 Å². The van der Waals surface area contributed by atoms with Crippen molar-refractivity contribution in [3.05, 3.63) is 93.0 Å². The van der Waals surface area contributed by atoms with E-state index in [9.17, 15) is 18.4 Å². The summed E-state index contributed by atoms with van der Waals surface area (Å²) in [5, 5.41) is 2.82. The molecule has 0 atom stereocenters. The van der Waals surface area contributed by atoms with E-state index in [0.29, 0.717) is 10.8 Å². The SMILES string of the molecule is CCOC(=O)Cc1cc(F)c(NC(=O)c2cc(OCc3cccc(Cl)c3)ccc2Cl)c(F)c1. The first kappa shape index (κ1) is 24.5. The molecular formula is C24H19Cl2F2NO4. The number of rotatable bonds is 8. The minimum Gasteiger partial charge on any atom is -0.489 e. The predicted octanol–water partition coefficient (Wildman–Crippen LogP) is 6.21. The van der Waals surface area contributed by atoms with E-state index in [4.69, 9.17) is 32.7 Å². The van der Waals surface area contributed by atoms with Gasteiger partial charge in [-0.1, -0.05) is 35.3 Å². The molecule has 33 heavy (non-hydrogen) atoms. The molecule has 0 aliphatic heterocycles. The zero-order valence-corrected chi connectivity index (χ0v) is 19.0. The number of carbonyl (C=O) groups excluding carboxylic acids is 2. The largest absolute Gasteiger partial charge is 0.489 e. The lowest BCUT2D eigenvalue weighted by Gasteiger charge is -2.12. The van der Waals surface area contributed by atoms with Crippen molar-refractivity contribution >= 4 is 40.8 Å². The summed E-state index contributed by atoms with van der Waals surface area (Å²) < 4.78 is 39.4. The van der Waals surface area contributed by atoms with Crippen LogP contribution in [0.3, 0.4) is 0 Å². The average Bonchev–Trinajstić information content (AvgIpc) is 2.76. The number of benzene rings is 3. The van der Waals surface area contributed by atoms with Crippen molar-refractivity contribution in [3.8, 4) is 5.75 Å². The number of carbonyl (C=O) groups is 2. The highest BCUT2D eigenvalue weighted by Crippen LogP contribution is 2.27. The summed E-state index contributed by atoms with van der Waals surface area (Å²) in [4.78, 5) is 24.2. The Morgan fingerprint density at radius 3 is 2.36 bits per heavy atom. The third kappa shape index (κ3) is 6.66. The standard InChI is InChI=1S/C24H19Cl2F2NO4/c1-2-32-22(30)11-15-9-20(27)23(21(28)10-15)29-24(31)18-12-17(6-7-19(18)26)33-13-14-4-3-5-16(25)8-14/h3-10,12H,2,11,13H2,1H3,(H,29,31). The number of ether oxygens (including phenoxy) is 2. The molecule has 3 aromatic rings. The van der Waals surface area contributed by atoms with E-state index in [2.05, 4.69) is 5.32 Å². The third-order valence-corrected chi connectivity index (χ3v) is 5.04. The minimum absolute atomic E-state index is 0.0327. The number of hydrogen-bond donors (Lipinski definition) is 1. The van der Waals surface area contributed by atoms with Gasteiger partial charge in [-0.3, -0.25) is 9.59 Å². The Balaban J connectivity index is 1.74. The summed E-state index contributed by atoms with van der Waals surface area (Å²) in [6, 6.07) is 13.4. The monoisotopic (exact) mass is 493 g/mol. The molecule has 172 valence electrons. The molecule has 0 fully saturated rings. The van der Waals surface area contributed by atoms with Gasteiger partial charge in [-0.25, -0.2) is 8.78 Å². The second-order valence-corrected chi connectivity index (χ2v) is 7.77. The van der Waals surface area contributed by atoms with Crippen molar-refractivity contribution in [2.24, 2.45) is 0 Å². The van der Waals surface area contributed by atoms with Gasteiger partial charge in [0.2, 0.25) is 0 Å². The second-order valence-electron chi connectivity index (χ2n) is 6.93. The van der Waals surface area contributed by atoms with E-state index < -0.39 is 29.2 Å². The van der Waals surface area contributed by atoms with Crippen LogP contribution >= 0.6 is 23.2 Å². The zero-order chi connectivity index (χ0) is 24.0. The predicted molar refractivity (Wildman–Crippen MR) is 122 cm³/mol. The van der Waals surface area contributed by atoms with Crippen LogP contribution in [0.15, 0.2) is 54.6 Å². The van der Waals surface area contributed by atoms with Gasteiger partial charge in [0, 0.05) is 5.02 Å². The van der Waals surface area contributed by atoms with Gasteiger partial charge in [-0.05, 0) is 60.5 Å². The molecule has 0 aliphatic rings. The number of nitrogens with one attached hydrogen (secondary N) is 1. The lowest BCUT2D eigenvalue weighted by Crippen LogP contribution is -2.16. The smallest absolute Gasteiger partial charge is 0.310 e. The maximum absolute atomic E-state index is 14.5. The van der Waals surface area contributed by atoms with E-state index in [1.54, 1.807) is 31.2 Å². The van der Waals surface area contributed by atoms with Gasteiger partial charge in [0.1, 0.15) is 29.7 Å². The first-order valence-corrected chi connectivity index (χ1v) is 10.6. The van der Waals surface area contributed by atoms with E-state index in [1.165, 1.54) is 12.1 Å². The number of amides is 1. The lowest BCUT2D eigenvalue weighted by molar-refractivity contribution is -0.142. The Hall–Kier alpha value is -3.16. The Labute approximate surface area is 199 Å². The van der Waals surface area contributed by atoms with E-state index in [0.717, 1.165) is 17.7 Å². The van der Waals surface area contributed by atoms with Crippen LogP contribution in [-0.4, -0.2) is 18.5 Å². The van der Waals surface area contributed by atoms with Crippen molar-refractivity contribution in [3.63, 3.8) is 0 Å². The van der Waals surface area contributed by atoms with Gasteiger partial charge in [-0.15, -0.1) is 0 Å². The highest BCUT2D eigenvalue weighted by atomic mass is 35.5. The maximum atomic E-state index is 14.5. The normalized spacial score (nSPS) is 10.6. The molecule has 0 aliphatic carbocycles. The van der Waals surface area contributed by atoms with Crippen molar-refractivity contribution in [2.45, 2.75) is 20.0 Å². The van der Waals surface area contributed by atoms with E-state index in [1.807, 2.05) is 6.07 Å². The summed E-state index contributed by atoms with van der Waals surface area (Å²) in [6.07, 6.45) is -0.298. The molecule has 0 saturated heterocycles. The molecular weight excluding hydrogens is 475 g/mol. The van der Waals surface area contributed by atoms with Crippen LogP contribution < -0.4 is 10.1 Å². The Morgan fingerprint density at radius 1 is 0.970 bits per heavy atom. The fraction of sp³-hybridized carbons (Fsp3) is 0.167. The summed E-state index contributed by atoms with van der Waals surface area (Å²) in [5.41, 5.74) is 0.204. The summed E-state index contributed by atoms with van der Waals surface area (Å²) in [7, 11) is 0. The number of esters is 1. The Bertz CT molecular complexity index is 1160. The van der Waals surface area contributed by atoms with Gasteiger partial charge in [-0.2, -0.15) is 0 Å². The molecule has 0 aromatic heterocycles. The summed E-state index contributed by atoms with van der Waals surface area (Å²) >= 11 is 12.1. The minimum atomic E-state index is -1.04. The number of hydrogen-bond acceptors (Lipinski definition) is 4. The van der Waals surface area contributed by atoms with E-state index >= 15 is 0 Å². The topological polar surface area (TPSA) is 64.6 Å². The molecule has 5 nitrogen and oxygen atoms in total. The fourth-order valence-corrected chi connectivity index (χ4v) is 3.38. The van der Waals surface area contributed by atoms with Crippen LogP contribution in [-0.2, 0) is 22.6 Å². The molecule has 0 heterocycles. The average molecular weight is 494 g/mol. The molecule has 1 amide bonds. The highest BCUT2D eigenvalue weighted by Gasteiger charge is 2.19. The van der Waals surface area contributed by atoms with Crippen molar-refractivity contribution in [1.82, 2.24) is 0 Å². The van der Waals surface area contributed by atoms with Crippen LogP contribution in [0.25, 0.3) is 0 Å². The van der Waals surface area contributed by atoms with Crippen LogP contribution in [0.5, 0.6) is 5.75 Å². The van der Waals surface area contributed by atoms with Gasteiger partial charge in [0.05, 0.1) is 23.6 Å². The van der Waals surface area contributed by atoms with E-state index in [-0.39, 0.29) is 35.8 Å². The Morgan fingerprint density at radius 2 is 1.70 bits per heavy atom.